The Morgan fingerprint density at radius 3 is 2.38 bits per heavy atom. The predicted molar refractivity (Wildman–Crippen MR) is 188 cm³/mol. The van der Waals surface area contributed by atoms with E-state index in [4.69, 9.17) is 16.3 Å². The molecule has 1 aromatic heterocycles. The van der Waals surface area contributed by atoms with Crippen LogP contribution >= 0.6 is 11.6 Å². The van der Waals surface area contributed by atoms with E-state index in [1.54, 1.807) is 55.9 Å². The van der Waals surface area contributed by atoms with Crippen molar-refractivity contribution >= 4 is 40.1 Å². The number of hydrogen-bond acceptors (Lipinski definition) is 5. The number of likely N-dealkylation sites (tertiary alicyclic amines) is 1. The number of benzene rings is 2. The fourth-order valence-corrected chi connectivity index (χ4v) is 8.53. The Morgan fingerprint density at radius 2 is 1.77 bits per heavy atom. The third-order valence-electron chi connectivity index (χ3n) is 9.37. The van der Waals surface area contributed by atoms with Crippen molar-refractivity contribution in [1.82, 2.24) is 14.2 Å². The van der Waals surface area contributed by atoms with E-state index >= 15 is 4.39 Å². The van der Waals surface area contributed by atoms with Crippen LogP contribution in [0.5, 0.6) is 0 Å². The van der Waals surface area contributed by atoms with Crippen molar-refractivity contribution in [1.29, 1.82) is 0 Å². The number of rotatable bonds is 13. The first kappa shape index (κ1) is 36.1. The number of anilines is 1. The summed E-state index contributed by atoms with van der Waals surface area (Å²) in [6, 6.07) is 14.8. The van der Waals surface area contributed by atoms with Crippen molar-refractivity contribution < 1.29 is 22.9 Å². The SMILES string of the molecule is CC[S@@](=O)N(C(C)(C)C)C(CCC1CC1)(c1ccncc1)c1ccc(F)c(NC(=O)[C@H]2C[C@@H](OC)CN2C(=O)Cc2ccc(Cl)cc2)c1. The first-order chi connectivity index (χ1) is 22.9. The number of carbonyl (C=O) groups is 2. The lowest BCUT2D eigenvalue weighted by Crippen LogP contribution is -2.57. The largest absolute Gasteiger partial charge is 0.380 e. The fourth-order valence-electron chi connectivity index (χ4n) is 6.88. The highest BCUT2D eigenvalue weighted by molar-refractivity contribution is 7.82. The molecule has 11 heteroatoms. The molecule has 1 aliphatic heterocycles. The molecule has 0 spiro atoms. The normalized spacial score (nSPS) is 20.0. The lowest BCUT2D eigenvalue weighted by Gasteiger charge is -2.50. The number of hydrogen-bond donors (Lipinski definition) is 1. The van der Waals surface area contributed by atoms with Crippen molar-refractivity contribution in [3.8, 4) is 0 Å². The van der Waals surface area contributed by atoms with Gasteiger partial charge in [0.25, 0.3) is 0 Å². The van der Waals surface area contributed by atoms with Crippen LogP contribution in [-0.4, -0.2) is 67.3 Å². The van der Waals surface area contributed by atoms with Crippen molar-refractivity contribution in [3.05, 3.63) is 94.5 Å². The molecule has 1 saturated heterocycles. The maximum atomic E-state index is 15.7. The van der Waals surface area contributed by atoms with Crippen molar-refractivity contribution in [2.24, 2.45) is 5.92 Å². The molecule has 2 amide bonds. The van der Waals surface area contributed by atoms with Gasteiger partial charge in [-0.25, -0.2) is 12.9 Å². The second-order valence-electron chi connectivity index (χ2n) is 13.8. The van der Waals surface area contributed by atoms with Crippen LogP contribution in [0.3, 0.4) is 0 Å². The number of methoxy groups -OCH3 is 1. The summed E-state index contributed by atoms with van der Waals surface area (Å²) in [5, 5.41) is 3.40. The molecule has 1 aliphatic carbocycles. The highest BCUT2D eigenvalue weighted by Gasteiger charge is 2.49. The molecule has 2 aliphatic rings. The van der Waals surface area contributed by atoms with Crippen LogP contribution in [0.4, 0.5) is 10.1 Å². The van der Waals surface area contributed by atoms with Crippen LogP contribution in [0.2, 0.25) is 5.02 Å². The molecule has 1 N–H and O–H groups in total. The molecular weight excluding hydrogens is 651 g/mol. The van der Waals surface area contributed by atoms with Gasteiger partial charge in [-0.3, -0.25) is 14.6 Å². The molecule has 4 atom stereocenters. The highest BCUT2D eigenvalue weighted by atomic mass is 35.5. The summed E-state index contributed by atoms with van der Waals surface area (Å²) in [4.78, 5) is 33.2. The molecule has 1 saturated carbocycles. The Labute approximate surface area is 291 Å². The number of pyridine rings is 1. The van der Waals surface area contributed by atoms with Crippen molar-refractivity contribution in [2.45, 2.75) is 89.4 Å². The van der Waals surface area contributed by atoms with Gasteiger partial charge in [-0.05, 0) is 92.6 Å². The van der Waals surface area contributed by atoms with Crippen molar-refractivity contribution in [2.75, 3.05) is 24.7 Å². The zero-order chi connectivity index (χ0) is 34.6. The summed E-state index contributed by atoms with van der Waals surface area (Å²) in [5.74, 6) is -0.341. The van der Waals surface area contributed by atoms with Crippen LogP contribution in [0.25, 0.3) is 0 Å². The van der Waals surface area contributed by atoms with Crippen LogP contribution in [0, 0.1) is 11.7 Å². The quantitative estimate of drug-likeness (QED) is 0.210. The molecule has 2 aromatic carbocycles. The molecule has 3 aromatic rings. The van der Waals surface area contributed by atoms with Gasteiger partial charge in [0.05, 0.1) is 34.7 Å². The summed E-state index contributed by atoms with van der Waals surface area (Å²) in [6.07, 6.45) is 7.35. The summed E-state index contributed by atoms with van der Waals surface area (Å²) < 4.78 is 37.4. The minimum Gasteiger partial charge on any atom is -0.380 e. The first-order valence-electron chi connectivity index (χ1n) is 16.6. The smallest absolute Gasteiger partial charge is 0.247 e. The third-order valence-corrected chi connectivity index (χ3v) is 11.4. The maximum absolute atomic E-state index is 15.7. The van der Waals surface area contributed by atoms with Gasteiger partial charge in [-0.2, -0.15) is 0 Å². The molecule has 0 bridgehead atoms. The number of nitrogens with one attached hydrogen (secondary N) is 1. The third kappa shape index (κ3) is 7.99. The molecule has 2 fully saturated rings. The topological polar surface area (TPSA) is 91.8 Å². The summed E-state index contributed by atoms with van der Waals surface area (Å²) in [5.41, 5.74) is 0.942. The Kier molecular flexibility index (Phi) is 11.4. The predicted octanol–water partition coefficient (Wildman–Crippen LogP) is 6.89. The maximum Gasteiger partial charge on any atom is 0.247 e. The number of aromatic nitrogens is 1. The van der Waals surface area contributed by atoms with E-state index in [0.29, 0.717) is 23.1 Å². The zero-order valence-corrected chi connectivity index (χ0v) is 30.0. The zero-order valence-electron chi connectivity index (χ0n) is 28.4. The second kappa shape index (κ2) is 15.2. The molecule has 0 radical (unpaired) electrons. The molecule has 2 heterocycles. The van der Waals surface area contributed by atoms with Gasteiger partial charge in [0.15, 0.2) is 0 Å². The standard InChI is InChI=1S/C37H46ClFN4O4S/c1-6-48(46)43(36(2,3)4)37(18-15-25-7-8-25,27-16-19-40-20-17-27)28-11-14-31(39)32(22-28)41-35(45)33-23-30(47-5)24-42(33)34(44)21-26-9-12-29(38)13-10-26/h9-14,16-17,19-20,22,25,30,33H,6-8,15,18,21,23-24H2,1-5H3,(H,41,45)/t30-,33-,37?,48-/m1/s1. The van der Waals surface area contributed by atoms with E-state index in [9.17, 15) is 13.8 Å². The fraction of sp³-hybridized carbons (Fsp3) is 0.486. The van der Waals surface area contributed by atoms with Crippen LogP contribution in [0.1, 0.15) is 76.5 Å². The molecule has 258 valence electrons. The average Bonchev–Trinajstić information content (AvgIpc) is 3.79. The first-order valence-corrected chi connectivity index (χ1v) is 18.3. The van der Waals surface area contributed by atoms with Crippen molar-refractivity contribution in [3.63, 3.8) is 0 Å². The summed E-state index contributed by atoms with van der Waals surface area (Å²) >= 11 is 6.02. The van der Waals surface area contributed by atoms with Gasteiger partial charge < -0.3 is 15.0 Å². The lowest BCUT2D eigenvalue weighted by molar-refractivity contribution is -0.136. The van der Waals surface area contributed by atoms with Gasteiger partial charge in [0.1, 0.15) is 11.9 Å². The van der Waals surface area contributed by atoms with E-state index in [0.717, 1.165) is 36.0 Å². The van der Waals surface area contributed by atoms with Gasteiger partial charge in [0, 0.05) is 48.8 Å². The van der Waals surface area contributed by atoms with Gasteiger partial charge >= 0.3 is 0 Å². The number of ether oxygens (including phenoxy) is 1. The Hall–Kier alpha value is -3.18. The van der Waals surface area contributed by atoms with Gasteiger partial charge in [-0.15, -0.1) is 0 Å². The van der Waals surface area contributed by atoms with Crippen LogP contribution in [-0.2, 0) is 37.3 Å². The van der Waals surface area contributed by atoms with Crippen LogP contribution < -0.4 is 5.32 Å². The molecule has 48 heavy (non-hydrogen) atoms. The van der Waals surface area contributed by atoms with E-state index in [1.807, 2.05) is 44.1 Å². The Balaban J connectivity index is 1.53. The number of amides is 2. The Morgan fingerprint density at radius 1 is 1.08 bits per heavy atom. The lowest BCUT2D eigenvalue weighted by atomic mass is 9.77. The monoisotopic (exact) mass is 696 g/mol. The van der Waals surface area contributed by atoms with E-state index in [1.165, 1.54) is 11.0 Å². The summed E-state index contributed by atoms with van der Waals surface area (Å²) in [7, 11) is 0.162. The van der Waals surface area contributed by atoms with E-state index in [2.05, 4.69) is 10.3 Å². The molecule has 1 unspecified atom stereocenters. The van der Waals surface area contributed by atoms with Crippen LogP contribution in [0.15, 0.2) is 67.0 Å². The average molecular weight is 697 g/mol. The molecule has 5 rings (SSSR count). The number of nitrogens with zero attached hydrogens (tertiary/aromatic N) is 3. The summed E-state index contributed by atoms with van der Waals surface area (Å²) in [6.45, 7) is 8.28. The second-order valence-corrected chi connectivity index (χ2v) is 15.8. The number of carbonyl (C=O) groups excluding carboxylic acids is 2. The van der Waals surface area contributed by atoms with Gasteiger partial charge in [0.2, 0.25) is 11.8 Å². The number of halogens is 2. The molecule has 8 nitrogen and oxygen atoms in total. The van der Waals surface area contributed by atoms with E-state index in [-0.39, 0.29) is 37.1 Å². The van der Waals surface area contributed by atoms with E-state index < -0.39 is 39.8 Å². The Bertz CT molecular complexity index is 1620. The molecular formula is C37H46ClFN4O4S. The highest BCUT2D eigenvalue weighted by Crippen LogP contribution is 2.48. The van der Waals surface area contributed by atoms with Gasteiger partial charge in [-0.1, -0.05) is 49.6 Å². The minimum atomic E-state index is -1.39. The minimum absolute atomic E-state index is 0.00413.